The van der Waals surface area contributed by atoms with E-state index in [1.54, 1.807) is 0 Å². The summed E-state index contributed by atoms with van der Waals surface area (Å²) in [4.78, 5) is 44.1. The summed E-state index contributed by atoms with van der Waals surface area (Å²) in [7, 11) is 1.86. The quantitative estimate of drug-likeness (QED) is 0.535. The van der Waals surface area contributed by atoms with Crippen LogP contribution in [0.2, 0.25) is 0 Å². The number of benzene rings is 3. The molecule has 2 aliphatic heterocycles. The van der Waals surface area contributed by atoms with E-state index >= 15 is 0 Å². The number of likely N-dealkylation sites (N-methyl/N-ethyl adjacent to an activating group) is 1. The molecule has 5 rings (SSSR count). The molecule has 0 radical (unpaired) electrons. The zero-order valence-electron chi connectivity index (χ0n) is 21.8. The van der Waals surface area contributed by atoms with Crippen molar-refractivity contribution in [2.45, 2.75) is 40.3 Å². The van der Waals surface area contributed by atoms with Crippen molar-refractivity contribution < 1.29 is 19.0 Å². The molecule has 188 valence electrons. The number of imide groups is 1. The lowest BCUT2D eigenvalue weighted by atomic mass is 10.0. The second kappa shape index (κ2) is 9.32. The number of urea groups is 1. The fourth-order valence-electron chi connectivity index (χ4n) is 5.46. The number of nitrogens with zero attached hydrogens (tertiary/aromatic N) is 3. The van der Waals surface area contributed by atoms with Crippen LogP contribution in [0.4, 0.5) is 16.2 Å². The highest BCUT2D eigenvalue weighted by Crippen LogP contribution is 2.35. The van der Waals surface area contributed by atoms with E-state index < -0.39 is 12.1 Å². The lowest BCUT2D eigenvalue weighted by Crippen LogP contribution is -2.60. The first-order chi connectivity index (χ1) is 17.7. The minimum absolute atomic E-state index is 0.139. The van der Waals surface area contributed by atoms with E-state index in [9.17, 15) is 14.4 Å². The molecule has 0 saturated carbocycles. The maximum atomic E-state index is 13.9. The smallest absolute Gasteiger partial charge is 0.354 e. The van der Waals surface area contributed by atoms with Gasteiger partial charge in [-0.15, -0.1) is 0 Å². The van der Waals surface area contributed by atoms with Gasteiger partial charge >= 0.3 is 11.9 Å². The Morgan fingerprint density at radius 1 is 0.919 bits per heavy atom. The maximum absolute atomic E-state index is 13.9. The van der Waals surface area contributed by atoms with Crippen molar-refractivity contribution in [3.8, 4) is 0 Å². The molecule has 0 aromatic heterocycles. The topological polar surface area (TPSA) is 72.7 Å². The summed E-state index contributed by atoms with van der Waals surface area (Å²) in [6.07, 6.45) is 0. The standard InChI is InChI=1S/C30H30N4O3/c1-18-11-12-24-23(15-18)27-28(32(24)5)29(36)34(16-22-9-7-6-8-10-22)30(37)33(27)17-25(35)31-26-20(3)13-19(2)14-21(26)4/h6-15,28H,16-17H2,1-5H3/p+1. The summed E-state index contributed by atoms with van der Waals surface area (Å²) in [5.74, 6) is -0.602. The molecular weight excluding hydrogens is 464 g/mol. The predicted molar refractivity (Wildman–Crippen MR) is 144 cm³/mol. The Balaban J connectivity index is 1.57. The number of hydrogen-bond donors (Lipinski definition) is 1. The van der Waals surface area contributed by atoms with Gasteiger partial charge < -0.3 is 10.2 Å². The van der Waals surface area contributed by atoms with E-state index in [4.69, 9.17) is 0 Å². The van der Waals surface area contributed by atoms with Crippen molar-refractivity contribution in [3.63, 3.8) is 0 Å². The van der Waals surface area contributed by atoms with Gasteiger partial charge in [0.2, 0.25) is 0 Å². The lowest BCUT2D eigenvalue weighted by Gasteiger charge is -2.28. The second-order valence-corrected chi connectivity index (χ2v) is 10.0. The number of carbonyl (C=O) groups excluding carboxylic acids is 3. The Bertz CT molecular complexity index is 1450. The van der Waals surface area contributed by atoms with Gasteiger partial charge in [0.1, 0.15) is 6.54 Å². The van der Waals surface area contributed by atoms with Gasteiger partial charge in [0, 0.05) is 24.0 Å². The average molecular weight is 496 g/mol. The third-order valence-corrected chi connectivity index (χ3v) is 7.13. The van der Waals surface area contributed by atoms with Crippen LogP contribution in [-0.4, -0.2) is 52.7 Å². The number of carbonyl (C=O) groups is 3. The summed E-state index contributed by atoms with van der Waals surface area (Å²) >= 11 is 0. The minimum atomic E-state index is -0.686. The first-order valence-corrected chi connectivity index (χ1v) is 12.4. The Morgan fingerprint density at radius 2 is 1.59 bits per heavy atom. The highest BCUT2D eigenvalue weighted by molar-refractivity contribution is 6.26. The van der Waals surface area contributed by atoms with Crippen LogP contribution in [0.15, 0.2) is 60.7 Å². The third-order valence-electron chi connectivity index (χ3n) is 7.13. The summed E-state index contributed by atoms with van der Waals surface area (Å²) in [5.41, 5.74) is 7.89. The van der Waals surface area contributed by atoms with Crippen molar-refractivity contribution in [2.75, 3.05) is 23.8 Å². The van der Waals surface area contributed by atoms with Crippen LogP contribution in [0.3, 0.4) is 0 Å². The van der Waals surface area contributed by atoms with E-state index in [0.717, 1.165) is 44.8 Å². The molecule has 0 saturated heterocycles. The fraction of sp³-hybridized carbons (Fsp3) is 0.267. The van der Waals surface area contributed by atoms with Gasteiger partial charge in [-0.1, -0.05) is 59.7 Å². The van der Waals surface area contributed by atoms with Crippen LogP contribution in [-0.2, 0) is 16.1 Å². The van der Waals surface area contributed by atoms with Crippen molar-refractivity contribution >= 4 is 34.9 Å². The molecule has 3 aromatic carbocycles. The molecule has 37 heavy (non-hydrogen) atoms. The Kier molecular flexibility index (Phi) is 6.15. The highest BCUT2D eigenvalue weighted by atomic mass is 16.2. The van der Waals surface area contributed by atoms with Crippen LogP contribution < -0.4 is 10.2 Å². The lowest BCUT2D eigenvalue weighted by molar-refractivity contribution is -0.427. The predicted octanol–water partition coefficient (Wildman–Crippen LogP) is 4.34. The number of anilines is 2. The molecule has 1 unspecified atom stereocenters. The number of fused-ring (bicyclic) bond motifs is 3. The molecule has 2 aliphatic rings. The molecule has 1 N–H and O–H groups in total. The van der Waals surface area contributed by atoms with Gasteiger partial charge in [-0.3, -0.25) is 4.79 Å². The van der Waals surface area contributed by atoms with Gasteiger partial charge in [-0.05, 0) is 56.5 Å². The Hall–Kier alpha value is -4.26. The Morgan fingerprint density at radius 3 is 2.27 bits per heavy atom. The van der Waals surface area contributed by atoms with E-state index in [1.165, 1.54) is 9.48 Å². The molecule has 0 fully saturated rings. The van der Waals surface area contributed by atoms with E-state index in [0.29, 0.717) is 5.71 Å². The summed E-state index contributed by atoms with van der Waals surface area (Å²) in [5, 5.41) is 3.01. The zero-order chi connectivity index (χ0) is 26.4. The fourth-order valence-corrected chi connectivity index (χ4v) is 5.46. The van der Waals surface area contributed by atoms with Gasteiger partial charge in [-0.2, -0.15) is 14.3 Å². The van der Waals surface area contributed by atoms with Gasteiger partial charge in [0.25, 0.3) is 5.91 Å². The SMILES string of the molecule is Cc1cc(C)c(NC(=O)C[N+]2=C3c4cc(C)ccc4N(C)C3C(=O)N(Cc3ccccc3)C2=O)c(C)c1. The van der Waals surface area contributed by atoms with Crippen molar-refractivity contribution in [1.82, 2.24) is 4.90 Å². The molecule has 7 nitrogen and oxygen atoms in total. The third kappa shape index (κ3) is 4.31. The van der Waals surface area contributed by atoms with Crippen molar-refractivity contribution in [2.24, 2.45) is 0 Å². The summed E-state index contributed by atoms with van der Waals surface area (Å²) in [6.45, 7) is 7.85. The number of nitrogens with one attached hydrogen (secondary N) is 1. The number of aryl methyl sites for hydroxylation is 4. The van der Waals surface area contributed by atoms with Crippen LogP contribution in [0.25, 0.3) is 0 Å². The molecular formula is C30H31N4O3+. The van der Waals surface area contributed by atoms with E-state index in [1.807, 2.05) is 100 Å². The largest absolute Gasteiger partial charge is 0.501 e. The minimum Gasteiger partial charge on any atom is -0.354 e. The molecule has 1 atom stereocenters. The summed E-state index contributed by atoms with van der Waals surface area (Å²) < 4.78 is 1.48. The first kappa shape index (κ1) is 24.4. The van der Waals surface area contributed by atoms with Crippen LogP contribution >= 0.6 is 0 Å². The second-order valence-electron chi connectivity index (χ2n) is 10.0. The normalized spacial score (nSPS) is 16.7. The van der Waals surface area contributed by atoms with Gasteiger partial charge in [-0.25, -0.2) is 4.79 Å². The van der Waals surface area contributed by atoms with Gasteiger partial charge in [0.15, 0.2) is 18.3 Å². The molecule has 4 amide bonds. The van der Waals surface area contributed by atoms with Crippen molar-refractivity contribution in [1.29, 1.82) is 0 Å². The highest BCUT2D eigenvalue weighted by Gasteiger charge is 2.54. The first-order valence-electron chi connectivity index (χ1n) is 12.4. The molecule has 0 aliphatic carbocycles. The van der Waals surface area contributed by atoms with E-state index in [2.05, 4.69) is 5.32 Å². The maximum Gasteiger partial charge on any atom is 0.501 e. The number of hydrogen-bond acceptors (Lipinski definition) is 4. The van der Waals surface area contributed by atoms with Crippen LogP contribution in [0.5, 0.6) is 0 Å². The monoisotopic (exact) mass is 495 g/mol. The molecule has 7 heteroatoms. The molecule has 0 spiro atoms. The molecule has 3 aromatic rings. The number of rotatable bonds is 5. The van der Waals surface area contributed by atoms with Gasteiger partial charge in [0.05, 0.1) is 0 Å². The molecule has 0 bridgehead atoms. The van der Waals surface area contributed by atoms with Crippen LogP contribution in [0, 0.1) is 27.7 Å². The van der Waals surface area contributed by atoms with E-state index in [-0.39, 0.29) is 24.9 Å². The average Bonchev–Trinajstić information content (AvgIpc) is 3.14. The van der Waals surface area contributed by atoms with Crippen molar-refractivity contribution in [3.05, 3.63) is 94.0 Å². The van der Waals surface area contributed by atoms with Crippen LogP contribution in [0.1, 0.15) is 33.4 Å². The Labute approximate surface area is 217 Å². The molecule has 2 heterocycles. The zero-order valence-corrected chi connectivity index (χ0v) is 21.8. The number of amides is 4. The summed E-state index contributed by atoms with van der Waals surface area (Å²) in [6, 6.07) is 18.2.